The van der Waals surface area contributed by atoms with E-state index < -0.39 is 17.4 Å². The van der Waals surface area contributed by atoms with Gasteiger partial charge in [0.15, 0.2) is 5.78 Å². The van der Waals surface area contributed by atoms with Gasteiger partial charge in [-0.15, -0.1) is 0 Å². The number of fused-ring (bicyclic) bond motifs is 1. The standard InChI is InChI=1S/C20H21FN4O3/c1-11(26)18-15-6-13(14-8-22-12(2)23-9-14)7-16(21)19(15)25(24-18)10-17(27)28-20(3,4)5/h6-9H,10H2,1-5H3. The Balaban J connectivity index is 2.11. The monoisotopic (exact) mass is 384 g/mol. The summed E-state index contributed by atoms with van der Waals surface area (Å²) in [6.45, 7) is 8.02. The molecule has 0 spiro atoms. The molecule has 0 amide bonds. The van der Waals surface area contributed by atoms with E-state index in [1.807, 2.05) is 0 Å². The molecule has 7 nitrogen and oxygen atoms in total. The van der Waals surface area contributed by atoms with Crippen molar-refractivity contribution in [2.75, 3.05) is 0 Å². The maximum atomic E-state index is 15.0. The summed E-state index contributed by atoms with van der Waals surface area (Å²) in [5.41, 5.74) is 0.617. The molecule has 0 saturated heterocycles. The Morgan fingerprint density at radius 1 is 1.14 bits per heavy atom. The van der Waals surface area contributed by atoms with Crippen LogP contribution in [0.1, 0.15) is 44.0 Å². The number of carbonyl (C=O) groups is 2. The predicted molar refractivity (Wildman–Crippen MR) is 101 cm³/mol. The van der Waals surface area contributed by atoms with E-state index in [0.29, 0.717) is 22.3 Å². The normalized spacial score (nSPS) is 11.6. The first-order chi connectivity index (χ1) is 13.0. The fraction of sp³-hybridized carbons (Fsp3) is 0.350. The van der Waals surface area contributed by atoms with E-state index in [2.05, 4.69) is 15.1 Å². The number of rotatable bonds is 4. The van der Waals surface area contributed by atoms with Gasteiger partial charge in [0.25, 0.3) is 0 Å². The van der Waals surface area contributed by atoms with Crippen LogP contribution in [-0.4, -0.2) is 37.1 Å². The third-order valence-electron chi connectivity index (χ3n) is 3.94. The van der Waals surface area contributed by atoms with Crippen LogP contribution in [0.25, 0.3) is 22.0 Å². The van der Waals surface area contributed by atoms with Gasteiger partial charge in [-0.05, 0) is 45.4 Å². The summed E-state index contributed by atoms with van der Waals surface area (Å²) in [6, 6.07) is 2.97. The summed E-state index contributed by atoms with van der Waals surface area (Å²) >= 11 is 0. The van der Waals surface area contributed by atoms with Crippen LogP contribution < -0.4 is 0 Å². The van der Waals surface area contributed by atoms with Gasteiger partial charge >= 0.3 is 5.97 Å². The summed E-state index contributed by atoms with van der Waals surface area (Å²) in [5, 5.41) is 4.49. The molecular formula is C20H21FN4O3. The Morgan fingerprint density at radius 3 is 2.36 bits per heavy atom. The maximum Gasteiger partial charge on any atom is 0.328 e. The molecule has 2 heterocycles. The minimum absolute atomic E-state index is 0.0767. The quantitative estimate of drug-likeness (QED) is 0.506. The number of Topliss-reactive ketones (excluding diaryl/α,β-unsaturated/α-hetero) is 1. The number of halogens is 1. The molecule has 0 unspecified atom stereocenters. The molecule has 3 rings (SSSR count). The number of nitrogens with zero attached hydrogens (tertiary/aromatic N) is 4. The van der Waals surface area contributed by atoms with Crippen molar-refractivity contribution in [3.05, 3.63) is 41.9 Å². The van der Waals surface area contributed by atoms with Gasteiger partial charge in [-0.1, -0.05) is 0 Å². The summed E-state index contributed by atoms with van der Waals surface area (Å²) < 4.78 is 21.4. The highest BCUT2D eigenvalue weighted by Crippen LogP contribution is 2.29. The van der Waals surface area contributed by atoms with Crippen molar-refractivity contribution in [1.82, 2.24) is 19.7 Å². The number of esters is 1. The Kier molecular flexibility index (Phi) is 4.97. The molecule has 0 bridgehead atoms. The molecule has 0 aliphatic rings. The summed E-state index contributed by atoms with van der Waals surface area (Å²) in [6.07, 6.45) is 3.17. The second-order valence-electron chi connectivity index (χ2n) is 7.52. The van der Waals surface area contributed by atoms with Crippen molar-refractivity contribution in [1.29, 1.82) is 0 Å². The molecule has 8 heteroatoms. The van der Waals surface area contributed by atoms with Gasteiger partial charge in [0.2, 0.25) is 0 Å². The van der Waals surface area contributed by atoms with E-state index >= 15 is 0 Å². The third kappa shape index (κ3) is 4.05. The Morgan fingerprint density at radius 2 is 1.79 bits per heavy atom. The molecule has 0 fully saturated rings. The molecule has 0 N–H and O–H groups in total. The molecule has 146 valence electrons. The van der Waals surface area contributed by atoms with Crippen molar-refractivity contribution in [2.24, 2.45) is 0 Å². The van der Waals surface area contributed by atoms with E-state index in [9.17, 15) is 14.0 Å². The maximum absolute atomic E-state index is 15.0. The molecular weight excluding hydrogens is 363 g/mol. The number of carbonyl (C=O) groups excluding carboxylic acids is 2. The second-order valence-corrected chi connectivity index (χ2v) is 7.52. The number of benzene rings is 1. The average molecular weight is 384 g/mol. The minimum Gasteiger partial charge on any atom is -0.459 e. The molecule has 0 aliphatic carbocycles. The highest BCUT2D eigenvalue weighted by atomic mass is 19.1. The van der Waals surface area contributed by atoms with Crippen LogP contribution in [-0.2, 0) is 16.1 Å². The zero-order chi connectivity index (χ0) is 20.6. The van der Waals surface area contributed by atoms with E-state index in [4.69, 9.17) is 4.74 Å². The fourth-order valence-corrected chi connectivity index (χ4v) is 2.85. The van der Waals surface area contributed by atoms with Gasteiger partial charge in [0, 0.05) is 30.3 Å². The molecule has 3 aromatic rings. The predicted octanol–water partition coefficient (Wildman–Crippen LogP) is 3.49. The van der Waals surface area contributed by atoms with Crippen molar-refractivity contribution < 1.29 is 18.7 Å². The van der Waals surface area contributed by atoms with Crippen molar-refractivity contribution >= 4 is 22.7 Å². The topological polar surface area (TPSA) is 87.0 Å². The lowest BCUT2D eigenvalue weighted by molar-refractivity contribution is -0.155. The van der Waals surface area contributed by atoms with E-state index in [1.165, 1.54) is 17.7 Å². The van der Waals surface area contributed by atoms with Gasteiger partial charge in [-0.3, -0.25) is 9.59 Å². The largest absolute Gasteiger partial charge is 0.459 e. The van der Waals surface area contributed by atoms with Crippen LogP contribution in [0.2, 0.25) is 0 Å². The molecule has 2 aromatic heterocycles. The highest BCUT2D eigenvalue weighted by Gasteiger charge is 2.23. The third-order valence-corrected chi connectivity index (χ3v) is 3.94. The first-order valence-corrected chi connectivity index (χ1v) is 8.77. The number of aromatic nitrogens is 4. The summed E-state index contributed by atoms with van der Waals surface area (Å²) in [5.74, 6) is -0.899. The number of hydrogen-bond donors (Lipinski definition) is 0. The number of ketones is 1. The van der Waals surface area contributed by atoms with Crippen LogP contribution >= 0.6 is 0 Å². The first-order valence-electron chi connectivity index (χ1n) is 8.77. The lowest BCUT2D eigenvalue weighted by Gasteiger charge is -2.19. The number of aryl methyl sites for hydroxylation is 1. The minimum atomic E-state index is -0.680. The summed E-state index contributed by atoms with van der Waals surface area (Å²) in [4.78, 5) is 32.5. The smallest absolute Gasteiger partial charge is 0.328 e. The van der Waals surface area contributed by atoms with E-state index in [-0.39, 0.29) is 23.5 Å². The molecule has 1 aromatic carbocycles. The second kappa shape index (κ2) is 7.10. The first kappa shape index (κ1) is 19.6. The van der Waals surface area contributed by atoms with Gasteiger partial charge < -0.3 is 4.74 Å². The number of ether oxygens (including phenoxy) is 1. The van der Waals surface area contributed by atoms with E-state index in [0.717, 1.165) is 0 Å². The summed E-state index contributed by atoms with van der Waals surface area (Å²) in [7, 11) is 0. The molecule has 0 saturated carbocycles. The van der Waals surface area contributed by atoms with Crippen LogP contribution in [0.15, 0.2) is 24.5 Å². The van der Waals surface area contributed by atoms with Crippen LogP contribution in [0.5, 0.6) is 0 Å². The fourth-order valence-electron chi connectivity index (χ4n) is 2.85. The van der Waals surface area contributed by atoms with Crippen molar-refractivity contribution in [3.8, 4) is 11.1 Å². The number of hydrogen-bond acceptors (Lipinski definition) is 6. The Labute approximate surface area is 161 Å². The van der Waals surface area contributed by atoms with Crippen LogP contribution in [0.4, 0.5) is 4.39 Å². The highest BCUT2D eigenvalue weighted by molar-refractivity contribution is 6.06. The average Bonchev–Trinajstić information content (AvgIpc) is 2.92. The Bertz CT molecular complexity index is 1070. The van der Waals surface area contributed by atoms with Crippen LogP contribution in [0.3, 0.4) is 0 Å². The zero-order valence-corrected chi connectivity index (χ0v) is 16.4. The lowest BCUT2D eigenvalue weighted by atomic mass is 10.0. The van der Waals surface area contributed by atoms with Crippen LogP contribution in [0, 0.1) is 12.7 Å². The van der Waals surface area contributed by atoms with Crippen molar-refractivity contribution in [3.63, 3.8) is 0 Å². The SMILES string of the molecule is CC(=O)c1nn(CC(=O)OC(C)(C)C)c2c(F)cc(-c3cnc(C)nc3)cc12. The van der Waals surface area contributed by atoms with Gasteiger partial charge in [0.1, 0.15) is 35.0 Å². The molecule has 28 heavy (non-hydrogen) atoms. The van der Waals surface area contributed by atoms with Gasteiger partial charge in [-0.2, -0.15) is 5.10 Å². The molecule has 0 aliphatic heterocycles. The Hall–Kier alpha value is -3.16. The zero-order valence-electron chi connectivity index (χ0n) is 16.4. The molecule has 0 radical (unpaired) electrons. The van der Waals surface area contributed by atoms with Gasteiger partial charge in [-0.25, -0.2) is 19.0 Å². The van der Waals surface area contributed by atoms with Crippen molar-refractivity contribution in [2.45, 2.75) is 46.8 Å². The lowest BCUT2D eigenvalue weighted by Crippen LogP contribution is -2.27. The van der Waals surface area contributed by atoms with E-state index in [1.54, 1.807) is 46.2 Å². The molecule has 0 atom stereocenters. The van der Waals surface area contributed by atoms with Gasteiger partial charge in [0.05, 0.1) is 0 Å².